The second kappa shape index (κ2) is 4.45. The summed E-state index contributed by atoms with van der Waals surface area (Å²) < 4.78 is 0. The van der Waals surface area contributed by atoms with Crippen molar-refractivity contribution in [3.05, 3.63) is 47.3 Å². The molecule has 0 unspecified atom stereocenters. The molecule has 0 atom stereocenters. The summed E-state index contributed by atoms with van der Waals surface area (Å²) in [6, 6.07) is 6.29. The van der Waals surface area contributed by atoms with E-state index in [0.29, 0.717) is 5.82 Å². The molecule has 0 aliphatic carbocycles. The summed E-state index contributed by atoms with van der Waals surface area (Å²) in [5.74, 6) is 0.484. The molecule has 1 aliphatic heterocycles. The Morgan fingerprint density at radius 1 is 1.47 bits per heavy atom. The number of nitrogens with one attached hydrogen (secondary N) is 1. The molecule has 0 fully saturated rings. The van der Waals surface area contributed by atoms with Crippen molar-refractivity contribution in [1.82, 2.24) is 5.32 Å². The van der Waals surface area contributed by atoms with Crippen molar-refractivity contribution in [2.75, 3.05) is 6.54 Å². The highest BCUT2D eigenvalue weighted by Crippen LogP contribution is 2.25. The molecular weight excluding hydrogens is 210 g/mol. The summed E-state index contributed by atoms with van der Waals surface area (Å²) in [6.45, 7) is 10.4. The van der Waals surface area contributed by atoms with E-state index in [2.05, 4.69) is 35.7 Å². The van der Waals surface area contributed by atoms with Crippen LogP contribution in [0, 0.1) is 0 Å². The zero-order valence-corrected chi connectivity index (χ0v) is 10.1. The number of hydrogen-bond donors (Lipinski definition) is 2. The summed E-state index contributed by atoms with van der Waals surface area (Å²) in [5.41, 5.74) is 11.3. The molecule has 1 aromatic rings. The SMILES string of the molecule is C=N/C(N)=C(\C)c1ccc2c(c1)CCNC2=C. The number of hydrogen-bond acceptors (Lipinski definition) is 3. The minimum atomic E-state index is 0.484. The van der Waals surface area contributed by atoms with Gasteiger partial charge >= 0.3 is 0 Å². The first-order valence-electron chi connectivity index (χ1n) is 5.63. The standard InChI is InChI=1S/C14H17N3/c1-9(14(15)16-3)11-4-5-13-10(2)17-7-6-12(13)8-11/h4-5,8,17H,2-3,6-7,15H2,1H3/b14-9+. The fraction of sp³-hybridized carbons (Fsp3) is 0.214. The lowest BCUT2D eigenvalue weighted by atomic mass is 9.94. The average Bonchev–Trinajstić information content (AvgIpc) is 2.37. The summed E-state index contributed by atoms with van der Waals surface area (Å²) in [5, 5.41) is 3.26. The van der Waals surface area contributed by atoms with E-state index in [0.717, 1.165) is 29.8 Å². The summed E-state index contributed by atoms with van der Waals surface area (Å²) in [7, 11) is 0. The third-order valence-corrected chi connectivity index (χ3v) is 3.15. The fourth-order valence-electron chi connectivity index (χ4n) is 2.04. The zero-order valence-electron chi connectivity index (χ0n) is 10.1. The third-order valence-electron chi connectivity index (χ3n) is 3.15. The number of benzene rings is 1. The van der Waals surface area contributed by atoms with Crippen molar-refractivity contribution in [3.63, 3.8) is 0 Å². The molecule has 0 radical (unpaired) electrons. The van der Waals surface area contributed by atoms with Crippen LogP contribution in [-0.4, -0.2) is 13.3 Å². The molecule has 1 aromatic carbocycles. The van der Waals surface area contributed by atoms with Gasteiger partial charge in [-0.2, -0.15) is 0 Å². The molecule has 17 heavy (non-hydrogen) atoms. The lowest BCUT2D eigenvalue weighted by Crippen LogP contribution is -2.22. The Hall–Kier alpha value is -2.03. The summed E-state index contributed by atoms with van der Waals surface area (Å²) in [6.07, 6.45) is 1.01. The Balaban J connectivity index is 2.47. The number of allylic oxidation sites excluding steroid dienone is 1. The first kappa shape index (κ1) is 11.5. The molecule has 88 valence electrons. The van der Waals surface area contributed by atoms with Gasteiger partial charge in [0.25, 0.3) is 0 Å². The van der Waals surface area contributed by atoms with Gasteiger partial charge in [0.2, 0.25) is 0 Å². The normalized spacial score (nSPS) is 15.7. The van der Waals surface area contributed by atoms with Gasteiger partial charge < -0.3 is 11.1 Å². The van der Waals surface area contributed by atoms with Gasteiger partial charge in [0.05, 0.1) is 0 Å². The second-order valence-corrected chi connectivity index (χ2v) is 4.20. The maximum Gasteiger partial charge on any atom is 0.126 e. The van der Waals surface area contributed by atoms with Gasteiger partial charge in [-0.25, -0.2) is 4.99 Å². The Kier molecular flexibility index (Phi) is 3.00. The predicted octanol–water partition coefficient (Wildman–Crippen LogP) is 2.15. The maximum absolute atomic E-state index is 5.77. The van der Waals surface area contributed by atoms with E-state index in [1.165, 1.54) is 11.1 Å². The fourth-order valence-corrected chi connectivity index (χ4v) is 2.04. The van der Waals surface area contributed by atoms with Crippen LogP contribution in [0.5, 0.6) is 0 Å². The zero-order chi connectivity index (χ0) is 12.4. The van der Waals surface area contributed by atoms with E-state index in [1.807, 2.05) is 13.0 Å². The van der Waals surface area contributed by atoms with E-state index in [-0.39, 0.29) is 0 Å². The van der Waals surface area contributed by atoms with Crippen LogP contribution in [0.3, 0.4) is 0 Å². The molecule has 0 bridgehead atoms. The van der Waals surface area contributed by atoms with Crippen molar-refractivity contribution >= 4 is 18.0 Å². The maximum atomic E-state index is 5.77. The Labute approximate surface area is 102 Å². The molecule has 3 heteroatoms. The first-order valence-corrected chi connectivity index (χ1v) is 5.63. The highest BCUT2D eigenvalue weighted by molar-refractivity contribution is 5.73. The van der Waals surface area contributed by atoms with Crippen LogP contribution in [0.15, 0.2) is 35.6 Å². The average molecular weight is 227 g/mol. The van der Waals surface area contributed by atoms with Gasteiger partial charge in [0, 0.05) is 17.8 Å². The van der Waals surface area contributed by atoms with Crippen molar-refractivity contribution in [3.8, 4) is 0 Å². The smallest absolute Gasteiger partial charge is 0.126 e. The van der Waals surface area contributed by atoms with Crippen LogP contribution in [-0.2, 0) is 6.42 Å². The van der Waals surface area contributed by atoms with Crippen molar-refractivity contribution in [2.24, 2.45) is 10.7 Å². The molecule has 0 saturated carbocycles. The van der Waals surface area contributed by atoms with Gasteiger partial charge in [0.15, 0.2) is 0 Å². The predicted molar refractivity (Wildman–Crippen MR) is 73.5 cm³/mol. The number of aliphatic imine (C=N–C) groups is 1. The molecule has 0 aromatic heterocycles. The van der Waals surface area contributed by atoms with Gasteiger partial charge in [0.1, 0.15) is 5.82 Å². The van der Waals surface area contributed by atoms with Gasteiger partial charge in [-0.15, -0.1) is 0 Å². The van der Waals surface area contributed by atoms with E-state index in [9.17, 15) is 0 Å². The lowest BCUT2D eigenvalue weighted by molar-refractivity contribution is 0.815. The quantitative estimate of drug-likeness (QED) is 0.761. The first-order chi connectivity index (χ1) is 8.13. The molecule has 0 spiro atoms. The van der Waals surface area contributed by atoms with E-state index >= 15 is 0 Å². The van der Waals surface area contributed by atoms with Crippen LogP contribution in [0.2, 0.25) is 0 Å². The molecule has 0 amide bonds. The highest BCUT2D eigenvalue weighted by atomic mass is 14.9. The van der Waals surface area contributed by atoms with E-state index in [4.69, 9.17) is 5.73 Å². The van der Waals surface area contributed by atoms with Crippen molar-refractivity contribution in [2.45, 2.75) is 13.3 Å². The monoisotopic (exact) mass is 227 g/mol. The van der Waals surface area contributed by atoms with Crippen molar-refractivity contribution < 1.29 is 0 Å². The minimum Gasteiger partial charge on any atom is -0.385 e. The molecule has 2 rings (SSSR count). The second-order valence-electron chi connectivity index (χ2n) is 4.20. The molecule has 3 N–H and O–H groups in total. The number of fused-ring (bicyclic) bond motifs is 1. The van der Waals surface area contributed by atoms with E-state index in [1.54, 1.807) is 0 Å². The van der Waals surface area contributed by atoms with Crippen LogP contribution >= 0.6 is 0 Å². The Morgan fingerprint density at radius 2 is 2.24 bits per heavy atom. The van der Waals surface area contributed by atoms with Crippen LogP contribution in [0.25, 0.3) is 11.3 Å². The molecule has 3 nitrogen and oxygen atoms in total. The summed E-state index contributed by atoms with van der Waals surface area (Å²) in [4.78, 5) is 3.77. The van der Waals surface area contributed by atoms with Crippen LogP contribution in [0.4, 0.5) is 0 Å². The van der Waals surface area contributed by atoms with Crippen LogP contribution < -0.4 is 11.1 Å². The molecule has 1 aliphatic rings. The Bertz CT molecular complexity index is 512. The Morgan fingerprint density at radius 3 is 2.94 bits per heavy atom. The number of nitrogens with zero attached hydrogens (tertiary/aromatic N) is 1. The highest BCUT2D eigenvalue weighted by Gasteiger charge is 2.12. The topological polar surface area (TPSA) is 50.4 Å². The minimum absolute atomic E-state index is 0.484. The van der Waals surface area contributed by atoms with Crippen molar-refractivity contribution in [1.29, 1.82) is 0 Å². The number of nitrogens with two attached hydrogens (primary N) is 1. The molecule has 0 saturated heterocycles. The largest absolute Gasteiger partial charge is 0.385 e. The van der Waals surface area contributed by atoms with Crippen LogP contribution in [0.1, 0.15) is 23.6 Å². The van der Waals surface area contributed by atoms with Gasteiger partial charge in [-0.3, -0.25) is 0 Å². The number of rotatable bonds is 2. The van der Waals surface area contributed by atoms with Gasteiger partial charge in [-0.1, -0.05) is 24.8 Å². The lowest BCUT2D eigenvalue weighted by Gasteiger charge is -2.21. The summed E-state index contributed by atoms with van der Waals surface area (Å²) >= 11 is 0. The van der Waals surface area contributed by atoms with E-state index < -0.39 is 0 Å². The third kappa shape index (κ3) is 2.09. The molecular formula is C14H17N3. The van der Waals surface area contributed by atoms with Gasteiger partial charge in [-0.05, 0) is 36.8 Å². The molecule has 1 heterocycles.